The summed E-state index contributed by atoms with van der Waals surface area (Å²) in [5.41, 5.74) is 0.286. The van der Waals surface area contributed by atoms with Gasteiger partial charge >= 0.3 is 5.97 Å². The van der Waals surface area contributed by atoms with Gasteiger partial charge < -0.3 is 10.1 Å². The average molecular weight is 252 g/mol. The van der Waals surface area contributed by atoms with Crippen LogP contribution in [0.15, 0.2) is 6.20 Å². The molecule has 6 nitrogen and oxygen atoms in total. The topological polar surface area (TPSA) is 69.0 Å². The van der Waals surface area contributed by atoms with Crippen LogP contribution in [0.2, 0.25) is 0 Å². The van der Waals surface area contributed by atoms with Crippen molar-refractivity contribution in [2.24, 2.45) is 0 Å². The van der Waals surface area contributed by atoms with E-state index in [4.69, 9.17) is 4.74 Å². The molecule has 0 radical (unpaired) electrons. The van der Waals surface area contributed by atoms with Crippen LogP contribution in [0.4, 0.5) is 0 Å². The van der Waals surface area contributed by atoms with Gasteiger partial charge in [0.15, 0.2) is 5.69 Å². The first-order valence-electron chi connectivity index (χ1n) is 6.60. The fourth-order valence-electron chi connectivity index (χ4n) is 2.16. The summed E-state index contributed by atoms with van der Waals surface area (Å²) in [5, 5.41) is 11.2. The Bertz CT molecular complexity index is 385. The molecular formula is C12H20N4O2. The minimum absolute atomic E-state index is 0.286. The number of carbonyl (C=O) groups excluding carboxylic acids is 1. The third-order valence-electron chi connectivity index (χ3n) is 3.14. The fourth-order valence-corrected chi connectivity index (χ4v) is 2.16. The van der Waals surface area contributed by atoms with Gasteiger partial charge in [0.05, 0.1) is 12.8 Å². The minimum Gasteiger partial charge on any atom is -0.461 e. The fraction of sp³-hybridized carbons (Fsp3) is 0.750. The SMILES string of the molecule is CCOC(=O)c1cn(CCC2CCCCN2)nn1. The van der Waals surface area contributed by atoms with Gasteiger partial charge in [-0.2, -0.15) is 0 Å². The molecule has 1 aliphatic rings. The summed E-state index contributed by atoms with van der Waals surface area (Å²) in [6.07, 6.45) is 6.46. The van der Waals surface area contributed by atoms with E-state index in [0.29, 0.717) is 12.6 Å². The first-order chi connectivity index (χ1) is 8.79. The second kappa shape index (κ2) is 6.49. The molecule has 18 heavy (non-hydrogen) atoms. The zero-order valence-corrected chi connectivity index (χ0v) is 10.8. The first kappa shape index (κ1) is 13.0. The van der Waals surface area contributed by atoms with E-state index >= 15 is 0 Å². The maximum Gasteiger partial charge on any atom is 0.360 e. The normalized spacial score (nSPS) is 19.7. The summed E-state index contributed by atoms with van der Waals surface area (Å²) in [6.45, 7) is 4.02. The summed E-state index contributed by atoms with van der Waals surface area (Å²) in [6, 6.07) is 0.564. The number of aryl methyl sites for hydroxylation is 1. The second-order valence-corrected chi connectivity index (χ2v) is 4.52. The molecule has 0 amide bonds. The number of rotatable bonds is 5. The largest absolute Gasteiger partial charge is 0.461 e. The summed E-state index contributed by atoms with van der Waals surface area (Å²) in [4.78, 5) is 11.4. The van der Waals surface area contributed by atoms with E-state index < -0.39 is 5.97 Å². The molecular weight excluding hydrogens is 232 g/mol. The Morgan fingerprint density at radius 3 is 3.22 bits per heavy atom. The molecule has 1 N–H and O–H groups in total. The lowest BCUT2D eigenvalue weighted by Gasteiger charge is -2.23. The van der Waals surface area contributed by atoms with Crippen LogP contribution in [0.3, 0.4) is 0 Å². The predicted molar refractivity (Wildman–Crippen MR) is 66.2 cm³/mol. The molecule has 0 aromatic carbocycles. The van der Waals surface area contributed by atoms with Crippen molar-refractivity contribution in [3.05, 3.63) is 11.9 Å². The van der Waals surface area contributed by atoms with Crippen molar-refractivity contribution < 1.29 is 9.53 Å². The summed E-state index contributed by atoms with van der Waals surface area (Å²) in [5.74, 6) is -0.403. The number of hydrogen-bond acceptors (Lipinski definition) is 5. The van der Waals surface area contributed by atoms with Crippen LogP contribution in [0.1, 0.15) is 43.1 Å². The maximum atomic E-state index is 11.4. The minimum atomic E-state index is -0.403. The number of hydrogen-bond donors (Lipinski definition) is 1. The van der Waals surface area contributed by atoms with Crippen molar-refractivity contribution in [3.63, 3.8) is 0 Å². The van der Waals surface area contributed by atoms with Gasteiger partial charge in [0.2, 0.25) is 0 Å². The number of ether oxygens (including phenoxy) is 1. The molecule has 2 heterocycles. The lowest BCUT2D eigenvalue weighted by Crippen LogP contribution is -2.34. The van der Waals surface area contributed by atoms with Gasteiger partial charge in [-0.1, -0.05) is 11.6 Å². The van der Waals surface area contributed by atoms with Crippen LogP contribution in [-0.4, -0.2) is 40.2 Å². The quantitative estimate of drug-likeness (QED) is 0.791. The van der Waals surface area contributed by atoms with E-state index in [2.05, 4.69) is 15.6 Å². The zero-order chi connectivity index (χ0) is 12.8. The maximum absolute atomic E-state index is 11.4. The molecule has 0 saturated carbocycles. The molecule has 2 rings (SSSR count). The molecule has 1 aliphatic heterocycles. The highest BCUT2D eigenvalue weighted by Crippen LogP contribution is 2.10. The van der Waals surface area contributed by atoms with E-state index in [1.807, 2.05) is 0 Å². The van der Waals surface area contributed by atoms with Crippen molar-refractivity contribution in [1.29, 1.82) is 0 Å². The van der Waals surface area contributed by atoms with Crippen molar-refractivity contribution >= 4 is 5.97 Å². The number of esters is 1. The first-order valence-corrected chi connectivity index (χ1v) is 6.60. The van der Waals surface area contributed by atoms with Gasteiger partial charge in [-0.15, -0.1) is 5.10 Å². The second-order valence-electron chi connectivity index (χ2n) is 4.52. The Balaban J connectivity index is 1.80. The smallest absolute Gasteiger partial charge is 0.360 e. The summed E-state index contributed by atoms with van der Waals surface area (Å²) >= 11 is 0. The zero-order valence-electron chi connectivity index (χ0n) is 10.8. The van der Waals surface area contributed by atoms with Crippen molar-refractivity contribution in [2.75, 3.05) is 13.2 Å². The van der Waals surface area contributed by atoms with Gasteiger partial charge in [0.25, 0.3) is 0 Å². The van der Waals surface area contributed by atoms with E-state index in [1.54, 1.807) is 17.8 Å². The Labute approximate surface area is 107 Å². The molecule has 1 unspecified atom stereocenters. The molecule has 1 fully saturated rings. The summed E-state index contributed by atoms with van der Waals surface area (Å²) < 4.78 is 6.58. The highest BCUT2D eigenvalue weighted by molar-refractivity contribution is 5.86. The molecule has 0 spiro atoms. The van der Waals surface area contributed by atoms with Gasteiger partial charge in [0.1, 0.15) is 0 Å². The molecule has 1 aromatic rings. The molecule has 0 bridgehead atoms. The van der Waals surface area contributed by atoms with Crippen LogP contribution >= 0.6 is 0 Å². The molecule has 1 saturated heterocycles. The van der Waals surface area contributed by atoms with Crippen molar-refractivity contribution in [1.82, 2.24) is 20.3 Å². The van der Waals surface area contributed by atoms with E-state index in [9.17, 15) is 4.79 Å². The molecule has 1 atom stereocenters. The molecule has 1 aromatic heterocycles. The molecule has 100 valence electrons. The van der Waals surface area contributed by atoms with Crippen LogP contribution in [0.25, 0.3) is 0 Å². The monoisotopic (exact) mass is 252 g/mol. The van der Waals surface area contributed by atoms with Crippen LogP contribution < -0.4 is 5.32 Å². The van der Waals surface area contributed by atoms with E-state index in [-0.39, 0.29) is 5.69 Å². The van der Waals surface area contributed by atoms with Crippen LogP contribution in [0.5, 0.6) is 0 Å². The van der Waals surface area contributed by atoms with Gasteiger partial charge in [-0.3, -0.25) is 4.68 Å². The average Bonchev–Trinajstić information content (AvgIpc) is 2.87. The Morgan fingerprint density at radius 2 is 2.50 bits per heavy atom. The third-order valence-corrected chi connectivity index (χ3v) is 3.14. The summed E-state index contributed by atoms with van der Waals surface area (Å²) in [7, 11) is 0. The van der Waals surface area contributed by atoms with Crippen molar-refractivity contribution in [2.45, 2.75) is 45.2 Å². The van der Waals surface area contributed by atoms with Gasteiger partial charge in [-0.05, 0) is 32.7 Å². The molecule has 6 heteroatoms. The number of aromatic nitrogens is 3. The van der Waals surface area contributed by atoms with E-state index in [1.165, 1.54) is 19.3 Å². The van der Waals surface area contributed by atoms with Crippen molar-refractivity contribution in [3.8, 4) is 0 Å². The lowest BCUT2D eigenvalue weighted by atomic mass is 10.0. The van der Waals surface area contributed by atoms with Gasteiger partial charge in [0, 0.05) is 12.6 Å². The van der Waals surface area contributed by atoms with Gasteiger partial charge in [-0.25, -0.2) is 4.79 Å². The Hall–Kier alpha value is -1.43. The standard InChI is InChI=1S/C12H20N4O2/c1-2-18-12(17)11-9-16(15-14-11)8-6-10-5-3-4-7-13-10/h9-10,13H,2-8H2,1H3. The number of piperidine rings is 1. The highest BCUT2D eigenvalue weighted by atomic mass is 16.5. The van der Waals surface area contributed by atoms with Crippen LogP contribution in [0, 0.1) is 0 Å². The van der Waals surface area contributed by atoms with Crippen LogP contribution in [-0.2, 0) is 11.3 Å². The van der Waals surface area contributed by atoms with E-state index in [0.717, 1.165) is 19.5 Å². The Morgan fingerprint density at radius 1 is 1.61 bits per heavy atom. The number of carbonyl (C=O) groups is 1. The lowest BCUT2D eigenvalue weighted by molar-refractivity contribution is 0.0519. The molecule has 0 aliphatic carbocycles. The number of nitrogens with one attached hydrogen (secondary N) is 1. The predicted octanol–water partition coefficient (Wildman–Crippen LogP) is 0.987. The highest BCUT2D eigenvalue weighted by Gasteiger charge is 2.14. The number of nitrogens with zero attached hydrogens (tertiary/aromatic N) is 3. The third kappa shape index (κ3) is 3.53. The Kier molecular flexibility index (Phi) is 4.69.